The lowest BCUT2D eigenvalue weighted by atomic mass is 9.96. The van der Waals surface area contributed by atoms with Crippen LogP contribution in [-0.4, -0.2) is 32.0 Å². The standard InChI is InChI=1S/C24H22N8O4/c1-24(2,3)21-29-17-18(30-21)31-23(35-14-6-4-5-13(10-14)28-22(26)27)32-19(17)36-16-9-12(11-25)7-8-15(16)20(33)34/h4-10H,1-3H3,(H,33,34)(H4,26,27,28)(H,29,30,31,32)/p+1. The number of aromatic nitrogens is 4. The third-order valence-corrected chi connectivity index (χ3v) is 4.89. The van der Waals surface area contributed by atoms with Gasteiger partial charge >= 0.3 is 23.5 Å². The van der Waals surface area contributed by atoms with Crippen LogP contribution in [0.5, 0.6) is 23.4 Å². The van der Waals surface area contributed by atoms with Gasteiger partial charge in [-0.1, -0.05) is 26.8 Å². The fourth-order valence-corrected chi connectivity index (χ4v) is 3.21. The fourth-order valence-electron chi connectivity index (χ4n) is 3.21. The number of guanidine groups is 1. The van der Waals surface area contributed by atoms with E-state index in [1.54, 1.807) is 24.3 Å². The smallest absolute Gasteiger partial charge is 0.478 e. The first-order chi connectivity index (χ1) is 17.0. The zero-order valence-corrected chi connectivity index (χ0v) is 19.7. The average molecular weight is 488 g/mol. The van der Waals surface area contributed by atoms with Gasteiger partial charge < -0.3 is 31.0 Å². The summed E-state index contributed by atoms with van der Waals surface area (Å²) in [7, 11) is 0. The van der Waals surface area contributed by atoms with E-state index in [1.165, 1.54) is 18.2 Å². The molecule has 0 bridgehead atoms. The van der Waals surface area contributed by atoms with Gasteiger partial charge in [-0.2, -0.15) is 15.2 Å². The Hall–Kier alpha value is -5.18. The first kappa shape index (κ1) is 24.0. The second-order valence-electron chi connectivity index (χ2n) is 8.77. The Balaban J connectivity index is 1.83. The van der Waals surface area contributed by atoms with Crippen molar-refractivity contribution in [2.45, 2.75) is 26.2 Å². The molecule has 0 fully saturated rings. The Morgan fingerprint density at radius 2 is 1.94 bits per heavy atom. The number of rotatable bonds is 6. The van der Waals surface area contributed by atoms with Crippen LogP contribution in [0.25, 0.3) is 11.2 Å². The van der Waals surface area contributed by atoms with Gasteiger partial charge in [0.1, 0.15) is 22.9 Å². The van der Waals surface area contributed by atoms with Crippen molar-refractivity contribution in [3.05, 3.63) is 59.4 Å². The Morgan fingerprint density at radius 3 is 2.61 bits per heavy atom. The Labute approximate surface area is 205 Å². The second kappa shape index (κ2) is 9.22. The van der Waals surface area contributed by atoms with E-state index in [0.29, 0.717) is 22.8 Å². The molecule has 0 saturated carbocycles. The van der Waals surface area contributed by atoms with Crippen LogP contribution in [0.1, 0.15) is 42.5 Å². The minimum absolute atomic E-state index is 0.0135. The lowest BCUT2D eigenvalue weighted by Gasteiger charge is -2.13. The van der Waals surface area contributed by atoms with Crippen LogP contribution in [0.4, 0.5) is 5.69 Å². The van der Waals surface area contributed by atoms with Gasteiger partial charge in [-0.25, -0.2) is 9.79 Å². The molecule has 2 heterocycles. The zero-order valence-electron chi connectivity index (χ0n) is 19.7. The molecule has 36 heavy (non-hydrogen) atoms. The monoisotopic (exact) mass is 487 g/mol. The van der Waals surface area contributed by atoms with Gasteiger partial charge in [0.2, 0.25) is 0 Å². The maximum Gasteiger partial charge on any atom is 0.507 e. The molecule has 2 aromatic heterocycles. The van der Waals surface area contributed by atoms with E-state index in [0.717, 1.165) is 0 Å². The molecule has 0 aliphatic heterocycles. The number of aliphatic imine (C=N–C) groups is 1. The number of aromatic carboxylic acids is 1. The molecule has 4 aromatic rings. The summed E-state index contributed by atoms with van der Waals surface area (Å²) in [4.78, 5) is 30.9. The SMILES string of the molecule is CC(C)(C)c1nc2nc(Oc3cccc(N=C(N)N)c3)[nH+]c(Oc3cc(C#N)ccc3C(=O)O)c2[nH]1. The molecule has 0 aliphatic rings. The number of aromatic amines is 2. The lowest BCUT2D eigenvalue weighted by molar-refractivity contribution is -0.405. The van der Waals surface area contributed by atoms with Crippen LogP contribution in [0.3, 0.4) is 0 Å². The summed E-state index contributed by atoms with van der Waals surface area (Å²) in [5.74, 6) is -0.272. The summed E-state index contributed by atoms with van der Waals surface area (Å²) in [5.41, 5.74) is 11.8. The van der Waals surface area contributed by atoms with Crippen molar-refractivity contribution < 1.29 is 24.4 Å². The topological polar surface area (TPSA) is 200 Å². The minimum Gasteiger partial charge on any atom is -0.478 e. The third-order valence-electron chi connectivity index (χ3n) is 4.89. The summed E-state index contributed by atoms with van der Waals surface area (Å²) in [6.07, 6.45) is 0. The highest BCUT2D eigenvalue weighted by Gasteiger charge is 2.28. The molecule has 182 valence electrons. The molecule has 0 unspecified atom stereocenters. The average Bonchev–Trinajstić information content (AvgIpc) is 3.24. The van der Waals surface area contributed by atoms with Crippen LogP contribution in [0.2, 0.25) is 0 Å². The predicted octanol–water partition coefficient (Wildman–Crippen LogP) is 3.13. The van der Waals surface area contributed by atoms with Crippen molar-refractivity contribution in [3.8, 4) is 29.5 Å². The number of nitrogens with zero attached hydrogens (tertiary/aromatic N) is 4. The van der Waals surface area contributed by atoms with Crippen molar-refractivity contribution in [1.82, 2.24) is 15.0 Å². The predicted molar refractivity (Wildman–Crippen MR) is 129 cm³/mol. The number of hydrogen-bond acceptors (Lipinski definition) is 7. The third kappa shape index (κ3) is 5.15. The highest BCUT2D eigenvalue weighted by Crippen LogP contribution is 2.32. The quantitative estimate of drug-likeness (QED) is 0.233. The number of nitriles is 1. The highest BCUT2D eigenvalue weighted by molar-refractivity contribution is 5.91. The van der Waals surface area contributed by atoms with Gasteiger partial charge in [0.25, 0.3) is 0 Å². The number of imidazole rings is 1. The van der Waals surface area contributed by atoms with Gasteiger partial charge in [0.05, 0.1) is 17.3 Å². The molecule has 7 N–H and O–H groups in total. The van der Waals surface area contributed by atoms with E-state index in [9.17, 15) is 15.2 Å². The normalized spacial score (nSPS) is 11.1. The molecule has 0 atom stereocenters. The van der Waals surface area contributed by atoms with Crippen LogP contribution < -0.4 is 25.9 Å². The largest absolute Gasteiger partial charge is 0.507 e. The number of hydrogen-bond donors (Lipinski definition) is 4. The summed E-state index contributed by atoms with van der Waals surface area (Å²) in [6, 6.07) is 12.7. The molecule has 2 aromatic carbocycles. The number of H-pyrrole nitrogens is 2. The number of nitrogens with one attached hydrogen (secondary N) is 2. The van der Waals surface area contributed by atoms with Gasteiger partial charge in [-0.05, 0) is 30.3 Å². The van der Waals surface area contributed by atoms with Crippen LogP contribution in [0, 0.1) is 11.3 Å². The number of ether oxygens (including phenoxy) is 2. The number of carboxylic acids is 1. The Kier molecular flexibility index (Phi) is 6.14. The first-order valence-corrected chi connectivity index (χ1v) is 10.7. The molecular formula is C24H23N8O4+. The molecule has 4 rings (SSSR count). The number of nitrogens with two attached hydrogens (primary N) is 2. The maximum atomic E-state index is 11.8. The van der Waals surface area contributed by atoms with Crippen molar-refractivity contribution in [3.63, 3.8) is 0 Å². The zero-order chi connectivity index (χ0) is 26.0. The van der Waals surface area contributed by atoms with Crippen LogP contribution in [-0.2, 0) is 5.41 Å². The van der Waals surface area contributed by atoms with E-state index in [4.69, 9.17) is 20.9 Å². The minimum atomic E-state index is -1.21. The molecule has 12 heteroatoms. The van der Waals surface area contributed by atoms with E-state index in [1.807, 2.05) is 26.8 Å². The van der Waals surface area contributed by atoms with Crippen molar-refractivity contribution in [2.24, 2.45) is 16.5 Å². The van der Waals surface area contributed by atoms with E-state index < -0.39 is 5.97 Å². The van der Waals surface area contributed by atoms with Gasteiger partial charge in [-0.3, -0.25) is 0 Å². The van der Waals surface area contributed by atoms with Gasteiger partial charge in [0.15, 0.2) is 11.5 Å². The molecule has 0 spiro atoms. The molecular weight excluding hydrogens is 464 g/mol. The second-order valence-corrected chi connectivity index (χ2v) is 8.77. The van der Waals surface area contributed by atoms with Crippen molar-refractivity contribution in [2.75, 3.05) is 0 Å². The van der Waals surface area contributed by atoms with Crippen molar-refractivity contribution in [1.29, 1.82) is 5.26 Å². The summed E-state index contributed by atoms with van der Waals surface area (Å²) >= 11 is 0. The summed E-state index contributed by atoms with van der Waals surface area (Å²) < 4.78 is 11.9. The maximum absolute atomic E-state index is 11.8. The Morgan fingerprint density at radius 1 is 1.17 bits per heavy atom. The fraction of sp³-hybridized carbons (Fsp3) is 0.167. The number of fused-ring (bicyclic) bond motifs is 1. The first-order valence-electron chi connectivity index (χ1n) is 10.7. The molecule has 0 saturated heterocycles. The number of carbonyl (C=O) groups is 1. The Bertz CT molecular complexity index is 1540. The van der Waals surface area contributed by atoms with Crippen LogP contribution >= 0.6 is 0 Å². The van der Waals surface area contributed by atoms with Gasteiger partial charge in [0, 0.05) is 16.5 Å². The van der Waals surface area contributed by atoms with E-state index >= 15 is 0 Å². The molecule has 0 radical (unpaired) electrons. The molecule has 0 amide bonds. The van der Waals surface area contributed by atoms with Crippen molar-refractivity contribution >= 4 is 28.8 Å². The molecule has 12 nitrogen and oxygen atoms in total. The number of benzene rings is 2. The van der Waals surface area contributed by atoms with Crippen LogP contribution in [0.15, 0.2) is 47.5 Å². The van der Waals surface area contributed by atoms with E-state index in [2.05, 4.69) is 24.9 Å². The summed E-state index contributed by atoms with van der Waals surface area (Å²) in [6.45, 7) is 5.92. The highest BCUT2D eigenvalue weighted by atomic mass is 16.5. The number of carboxylic acid groups (broad SMARTS) is 1. The molecule has 0 aliphatic carbocycles. The van der Waals surface area contributed by atoms with Gasteiger partial charge in [-0.15, -0.1) is 0 Å². The summed E-state index contributed by atoms with van der Waals surface area (Å²) in [5, 5.41) is 18.9. The van der Waals surface area contributed by atoms with E-state index in [-0.39, 0.29) is 45.8 Å². The lowest BCUT2D eigenvalue weighted by Crippen LogP contribution is -2.21.